The van der Waals surface area contributed by atoms with Crippen LogP contribution in [0.4, 0.5) is 4.79 Å². The van der Waals surface area contributed by atoms with Crippen LogP contribution in [0.15, 0.2) is 48.7 Å². The van der Waals surface area contributed by atoms with Crippen molar-refractivity contribution in [1.82, 2.24) is 9.88 Å². The predicted molar refractivity (Wildman–Crippen MR) is 96.1 cm³/mol. The molecule has 2 heterocycles. The fourth-order valence-electron chi connectivity index (χ4n) is 3.23. The van der Waals surface area contributed by atoms with Crippen LogP contribution in [-0.4, -0.2) is 34.2 Å². The lowest BCUT2D eigenvalue weighted by molar-refractivity contribution is -0.0539. The van der Waals surface area contributed by atoms with Gasteiger partial charge in [-0.3, -0.25) is 4.90 Å². The number of carbonyl (C=O) groups excluding carboxylic acids is 1. The monoisotopic (exact) mass is 342 g/mol. The van der Waals surface area contributed by atoms with Gasteiger partial charge in [-0.15, -0.1) is 0 Å². The number of rotatable bonds is 4. The Bertz CT molecular complexity index is 677. The molecule has 134 valence electrons. The van der Waals surface area contributed by atoms with E-state index < -0.39 is 0 Å². The number of hydrogen-bond donors (Lipinski definition) is 1. The Labute approximate surface area is 148 Å². The molecule has 0 radical (unpaired) electrons. The van der Waals surface area contributed by atoms with Crippen LogP contribution in [0.1, 0.15) is 44.5 Å². The third kappa shape index (κ3) is 4.63. The first kappa shape index (κ1) is 17.5. The van der Waals surface area contributed by atoms with E-state index in [0.29, 0.717) is 6.54 Å². The van der Waals surface area contributed by atoms with Gasteiger partial charge in [-0.25, -0.2) is 4.79 Å². The van der Waals surface area contributed by atoms with Gasteiger partial charge >= 0.3 is 6.09 Å². The summed E-state index contributed by atoms with van der Waals surface area (Å²) in [4.78, 5) is 17.7. The highest BCUT2D eigenvalue weighted by atomic mass is 16.6. The molecule has 5 nitrogen and oxygen atoms in total. The third-order valence-electron chi connectivity index (χ3n) is 4.20. The van der Waals surface area contributed by atoms with Gasteiger partial charge in [0.1, 0.15) is 6.61 Å². The Morgan fingerprint density at radius 2 is 1.96 bits per heavy atom. The number of nitrogens with one attached hydrogen (secondary N) is 1. The first-order valence-corrected chi connectivity index (χ1v) is 8.71. The number of carbonyl (C=O) groups is 1. The van der Waals surface area contributed by atoms with Gasteiger partial charge in [0, 0.05) is 18.3 Å². The standard InChI is InChI=1S/C20H26N2O3/c1-20(2,3)25-16-12-18(17-10-7-11-21-17)22(13-16)19(23)24-14-15-8-5-4-6-9-15/h4-11,16,18,21H,12-14H2,1-3H3/t16-,18+/m1/s1. The van der Waals surface area contributed by atoms with Crippen molar-refractivity contribution in [3.05, 3.63) is 59.9 Å². The van der Waals surface area contributed by atoms with E-state index in [9.17, 15) is 4.79 Å². The molecule has 1 fully saturated rings. The Balaban J connectivity index is 1.68. The molecule has 1 saturated heterocycles. The van der Waals surface area contributed by atoms with Crippen molar-refractivity contribution in [1.29, 1.82) is 0 Å². The van der Waals surface area contributed by atoms with Crippen LogP contribution in [0.25, 0.3) is 0 Å². The summed E-state index contributed by atoms with van der Waals surface area (Å²) in [6.07, 6.45) is 2.33. The number of nitrogens with zero attached hydrogens (tertiary/aromatic N) is 1. The normalized spacial score (nSPS) is 20.7. The van der Waals surface area contributed by atoms with E-state index in [2.05, 4.69) is 4.98 Å². The van der Waals surface area contributed by atoms with E-state index in [0.717, 1.165) is 17.7 Å². The molecule has 1 aromatic carbocycles. The average molecular weight is 342 g/mol. The topological polar surface area (TPSA) is 54.6 Å². The van der Waals surface area contributed by atoms with Crippen molar-refractivity contribution in [2.45, 2.75) is 51.5 Å². The summed E-state index contributed by atoms with van der Waals surface area (Å²) in [5.74, 6) is 0. The third-order valence-corrected chi connectivity index (χ3v) is 4.20. The fraction of sp³-hybridized carbons (Fsp3) is 0.450. The molecule has 0 unspecified atom stereocenters. The van der Waals surface area contributed by atoms with Gasteiger partial charge in [0.25, 0.3) is 0 Å². The van der Waals surface area contributed by atoms with Gasteiger partial charge in [-0.05, 0) is 38.5 Å². The van der Waals surface area contributed by atoms with Gasteiger partial charge in [-0.2, -0.15) is 0 Å². The number of benzene rings is 1. The number of likely N-dealkylation sites (tertiary alicyclic amines) is 1. The van der Waals surface area contributed by atoms with Crippen molar-refractivity contribution in [3.8, 4) is 0 Å². The van der Waals surface area contributed by atoms with Gasteiger partial charge < -0.3 is 14.5 Å². The van der Waals surface area contributed by atoms with Crippen molar-refractivity contribution in [2.75, 3.05) is 6.54 Å². The number of ether oxygens (including phenoxy) is 2. The number of H-pyrrole nitrogens is 1. The van der Waals surface area contributed by atoms with E-state index in [-0.39, 0.29) is 30.4 Å². The summed E-state index contributed by atoms with van der Waals surface area (Å²) in [5, 5.41) is 0. The maximum atomic E-state index is 12.7. The molecular formula is C20H26N2O3. The van der Waals surface area contributed by atoms with Crippen molar-refractivity contribution < 1.29 is 14.3 Å². The first-order valence-electron chi connectivity index (χ1n) is 8.71. The number of amides is 1. The van der Waals surface area contributed by atoms with E-state index in [1.807, 2.05) is 69.4 Å². The zero-order valence-electron chi connectivity index (χ0n) is 15.1. The summed E-state index contributed by atoms with van der Waals surface area (Å²) in [7, 11) is 0. The lowest BCUT2D eigenvalue weighted by atomic mass is 10.1. The molecule has 0 bridgehead atoms. The fourth-order valence-corrected chi connectivity index (χ4v) is 3.23. The minimum absolute atomic E-state index is 0.00225. The summed E-state index contributed by atoms with van der Waals surface area (Å²) >= 11 is 0. The second kappa shape index (κ2) is 7.31. The molecule has 2 atom stereocenters. The van der Waals surface area contributed by atoms with Crippen molar-refractivity contribution >= 4 is 6.09 Å². The van der Waals surface area contributed by atoms with Crippen LogP contribution in [-0.2, 0) is 16.1 Å². The highest BCUT2D eigenvalue weighted by Gasteiger charge is 2.39. The largest absolute Gasteiger partial charge is 0.445 e. The van der Waals surface area contributed by atoms with Crippen molar-refractivity contribution in [3.63, 3.8) is 0 Å². The molecular weight excluding hydrogens is 316 g/mol. The Morgan fingerprint density at radius 1 is 1.20 bits per heavy atom. The summed E-state index contributed by atoms with van der Waals surface area (Å²) in [6, 6.07) is 13.6. The minimum atomic E-state index is -0.302. The van der Waals surface area contributed by atoms with Crippen LogP contribution in [0.5, 0.6) is 0 Å². The van der Waals surface area contributed by atoms with Crippen LogP contribution in [0.2, 0.25) is 0 Å². The maximum absolute atomic E-state index is 12.7. The van der Waals surface area contributed by atoms with Gasteiger partial charge in [-0.1, -0.05) is 30.3 Å². The minimum Gasteiger partial charge on any atom is -0.445 e. The molecule has 5 heteroatoms. The van der Waals surface area contributed by atoms with Gasteiger partial charge in [0.15, 0.2) is 0 Å². The predicted octanol–water partition coefficient (Wildman–Crippen LogP) is 4.28. The number of hydrogen-bond acceptors (Lipinski definition) is 3. The van der Waals surface area contributed by atoms with Crippen molar-refractivity contribution in [2.24, 2.45) is 0 Å². The first-order chi connectivity index (χ1) is 11.9. The molecule has 0 spiro atoms. The molecule has 25 heavy (non-hydrogen) atoms. The molecule has 3 rings (SSSR count). The van der Waals surface area contributed by atoms with E-state index in [1.54, 1.807) is 4.90 Å². The highest BCUT2D eigenvalue weighted by Crippen LogP contribution is 2.34. The second-order valence-electron chi connectivity index (χ2n) is 7.42. The zero-order chi connectivity index (χ0) is 17.9. The van der Waals surface area contributed by atoms with Crippen LogP contribution < -0.4 is 0 Å². The molecule has 0 aliphatic carbocycles. The Kier molecular flexibility index (Phi) is 5.13. The number of aromatic nitrogens is 1. The lowest BCUT2D eigenvalue weighted by Crippen LogP contribution is -2.34. The highest BCUT2D eigenvalue weighted by molar-refractivity contribution is 5.69. The molecule has 1 aliphatic heterocycles. The molecule has 1 N–H and O–H groups in total. The molecule has 2 aromatic rings. The molecule has 1 aliphatic rings. The van der Waals surface area contributed by atoms with Gasteiger partial charge in [0.05, 0.1) is 24.3 Å². The number of aromatic amines is 1. The summed E-state index contributed by atoms with van der Waals surface area (Å²) < 4.78 is 11.6. The Morgan fingerprint density at radius 3 is 2.60 bits per heavy atom. The second-order valence-corrected chi connectivity index (χ2v) is 7.42. The van der Waals surface area contributed by atoms with Crippen LogP contribution >= 0.6 is 0 Å². The summed E-state index contributed by atoms with van der Waals surface area (Å²) in [5.41, 5.74) is 1.75. The molecule has 0 saturated carbocycles. The summed E-state index contributed by atoms with van der Waals surface area (Å²) in [6.45, 7) is 6.92. The van der Waals surface area contributed by atoms with Crippen LogP contribution in [0.3, 0.4) is 0 Å². The average Bonchev–Trinajstić information content (AvgIpc) is 3.21. The zero-order valence-corrected chi connectivity index (χ0v) is 15.1. The quantitative estimate of drug-likeness (QED) is 0.902. The molecule has 1 aromatic heterocycles. The van der Waals surface area contributed by atoms with E-state index in [4.69, 9.17) is 9.47 Å². The van der Waals surface area contributed by atoms with E-state index in [1.165, 1.54) is 0 Å². The Hall–Kier alpha value is -2.27. The van der Waals surface area contributed by atoms with Crippen LogP contribution in [0, 0.1) is 0 Å². The van der Waals surface area contributed by atoms with E-state index >= 15 is 0 Å². The van der Waals surface area contributed by atoms with Gasteiger partial charge in [0.2, 0.25) is 0 Å². The lowest BCUT2D eigenvalue weighted by Gasteiger charge is -2.25. The maximum Gasteiger partial charge on any atom is 0.410 e. The smallest absolute Gasteiger partial charge is 0.410 e. The SMILES string of the molecule is CC(C)(C)O[C@@H]1C[C@@H](c2ccc[nH]2)N(C(=O)OCc2ccccc2)C1. The molecule has 1 amide bonds.